The van der Waals surface area contributed by atoms with Crippen molar-refractivity contribution in [3.63, 3.8) is 0 Å². The zero-order valence-electron chi connectivity index (χ0n) is 17.8. The molecule has 2 nitrogen and oxygen atoms in total. The number of aliphatic hydroxyl groups excluding tert-OH is 2. The van der Waals surface area contributed by atoms with Gasteiger partial charge in [-0.1, -0.05) is 49.7 Å². The van der Waals surface area contributed by atoms with Crippen LogP contribution in [0.2, 0.25) is 5.02 Å². The lowest BCUT2D eigenvalue weighted by Crippen LogP contribution is -2.54. The van der Waals surface area contributed by atoms with Crippen LogP contribution in [0, 0.1) is 34.5 Å². The largest absolute Gasteiger partial charge is 0.393 e. The number of aliphatic hydroxyl groups is 2. The van der Waals surface area contributed by atoms with E-state index in [4.69, 9.17) is 11.6 Å². The van der Waals surface area contributed by atoms with Gasteiger partial charge in [0.2, 0.25) is 0 Å². The van der Waals surface area contributed by atoms with Crippen LogP contribution in [0.25, 0.3) is 6.08 Å². The molecule has 4 fully saturated rings. The maximum Gasteiger partial charge on any atom is 0.0809 e. The number of benzene rings is 1. The third-order valence-corrected chi connectivity index (χ3v) is 10.1. The van der Waals surface area contributed by atoms with Crippen molar-refractivity contribution in [2.75, 3.05) is 0 Å². The van der Waals surface area contributed by atoms with Crippen LogP contribution >= 0.6 is 11.6 Å². The maximum absolute atomic E-state index is 11.4. The third-order valence-electron chi connectivity index (χ3n) is 9.75. The zero-order chi connectivity index (χ0) is 20.4. The van der Waals surface area contributed by atoms with E-state index >= 15 is 0 Å². The molecule has 4 aliphatic carbocycles. The molecule has 0 saturated heterocycles. The molecule has 2 N–H and O–H groups in total. The second-order valence-corrected chi connectivity index (χ2v) is 11.4. The first-order chi connectivity index (χ1) is 13.8. The molecular formula is C26H35ClO2. The van der Waals surface area contributed by atoms with E-state index in [1.165, 1.54) is 31.3 Å². The smallest absolute Gasteiger partial charge is 0.0809 e. The topological polar surface area (TPSA) is 40.5 Å². The summed E-state index contributed by atoms with van der Waals surface area (Å²) in [5, 5.41) is 22.4. The Hall–Kier alpha value is -0.830. The number of fused-ring (bicyclic) bond motifs is 5. The number of hydrogen-bond donors (Lipinski definition) is 2. The van der Waals surface area contributed by atoms with Gasteiger partial charge in [0.1, 0.15) is 0 Å². The Bertz CT molecular complexity index is 819. The van der Waals surface area contributed by atoms with E-state index in [0.717, 1.165) is 42.2 Å². The monoisotopic (exact) mass is 414 g/mol. The summed E-state index contributed by atoms with van der Waals surface area (Å²) in [5.74, 6) is 2.70. The van der Waals surface area contributed by atoms with Crippen LogP contribution in [0.3, 0.4) is 0 Å². The van der Waals surface area contributed by atoms with Crippen molar-refractivity contribution in [2.24, 2.45) is 34.5 Å². The van der Waals surface area contributed by atoms with Crippen molar-refractivity contribution in [1.29, 1.82) is 0 Å². The molecule has 1 aromatic rings. The third kappa shape index (κ3) is 3.05. The zero-order valence-corrected chi connectivity index (χ0v) is 18.5. The molecule has 3 heteroatoms. The average molecular weight is 415 g/mol. The summed E-state index contributed by atoms with van der Waals surface area (Å²) in [6.07, 6.45) is 10.7. The molecule has 0 unspecified atom stereocenters. The summed E-state index contributed by atoms with van der Waals surface area (Å²) < 4.78 is 0. The van der Waals surface area contributed by atoms with Crippen LogP contribution in [0.5, 0.6) is 0 Å². The summed E-state index contributed by atoms with van der Waals surface area (Å²) in [6, 6.07) is 7.96. The van der Waals surface area contributed by atoms with Gasteiger partial charge in [-0.15, -0.1) is 0 Å². The minimum Gasteiger partial charge on any atom is -0.393 e. The van der Waals surface area contributed by atoms with Crippen molar-refractivity contribution in [1.82, 2.24) is 0 Å². The van der Waals surface area contributed by atoms with Gasteiger partial charge in [0, 0.05) is 10.4 Å². The van der Waals surface area contributed by atoms with E-state index in [0.29, 0.717) is 23.2 Å². The van der Waals surface area contributed by atoms with Crippen molar-refractivity contribution in [2.45, 2.75) is 77.4 Å². The summed E-state index contributed by atoms with van der Waals surface area (Å²) in [5.41, 5.74) is 2.58. The maximum atomic E-state index is 11.4. The minimum absolute atomic E-state index is 0.00830. The molecule has 0 aliphatic heterocycles. The number of rotatable bonds is 1. The fraction of sp³-hybridized carbons (Fsp3) is 0.692. The van der Waals surface area contributed by atoms with Gasteiger partial charge in [-0.2, -0.15) is 0 Å². The van der Waals surface area contributed by atoms with Crippen LogP contribution in [0.15, 0.2) is 29.8 Å². The van der Waals surface area contributed by atoms with Crippen LogP contribution in [0.4, 0.5) is 0 Å². The van der Waals surface area contributed by atoms with Crippen molar-refractivity contribution >= 4 is 17.7 Å². The molecule has 0 heterocycles. The Morgan fingerprint density at radius 2 is 1.72 bits per heavy atom. The predicted molar refractivity (Wildman–Crippen MR) is 119 cm³/mol. The highest BCUT2D eigenvalue weighted by molar-refractivity contribution is 6.32. The SMILES string of the molecule is C[C@]12CC[C@H](O)C[C@@H]1CC[C@@H]1[C@@H]2CC[C@]2(C)[C@@H](O)/C(=C/c3ccccc3Cl)C[C@@H]12. The van der Waals surface area contributed by atoms with E-state index < -0.39 is 0 Å². The molecule has 0 spiro atoms. The van der Waals surface area contributed by atoms with Gasteiger partial charge in [-0.3, -0.25) is 0 Å². The first-order valence-electron chi connectivity index (χ1n) is 11.6. The molecule has 8 atom stereocenters. The first-order valence-corrected chi connectivity index (χ1v) is 12.0. The van der Waals surface area contributed by atoms with E-state index in [2.05, 4.69) is 26.0 Å². The van der Waals surface area contributed by atoms with Crippen molar-refractivity contribution in [3.05, 3.63) is 40.4 Å². The van der Waals surface area contributed by atoms with E-state index in [-0.39, 0.29) is 17.6 Å². The molecule has 5 rings (SSSR count). The Morgan fingerprint density at radius 3 is 2.52 bits per heavy atom. The molecule has 0 amide bonds. The highest BCUT2D eigenvalue weighted by Crippen LogP contribution is 2.67. The Kier molecular flexibility index (Phi) is 4.92. The molecule has 158 valence electrons. The molecule has 0 bridgehead atoms. The van der Waals surface area contributed by atoms with Crippen molar-refractivity contribution < 1.29 is 10.2 Å². The molecule has 0 radical (unpaired) electrons. The second kappa shape index (κ2) is 7.11. The summed E-state index contributed by atoms with van der Waals surface area (Å²) in [6.45, 7) is 4.86. The minimum atomic E-state index is -0.358. The highest BCUT2D eigenvalue weighted by atomic mass is 35.5. The summed E-state index contributed by atoms with van der Waals surface area (Å²) in [4.78, 5) is 0. The molecule has 4 aliphatic rings. The van der Waals surface area contributed by atoms with Crippen molar-refractivity contribution in [3.8, 4) is 0 Å². The lowest BCUT2D eigenvalue weighted by Gasteiger charge is -2.60. The van der Waals surface area contributed by atoms with Gasteiger partial charge >= 0.3 is 0 Å². The molecular weight excluding hydrogens is 380 g/mol. The average Bonchev–Trinajstić information content (AvgIpc) is 2.95. The fourth-order valence-electron chi connectivity index (χ4n) is 8.03. The standard InChI is InChI=1S/C26H35ClO2/c1-25-11-9-19(28)15-18(25)7-8-20-21(25)10-12-26(2)22(20)14-17(24(26)29)13-16-5-3-4-6-23(16)27/h3-6,13,18-22,24,28-29H,7-12,14-15H2,1-2H3/b17-13+/t18-,19-,20+,21-,22-,24-,25-,26-/m0/s1. The quantitative estimate of drug-likeness (QED) is 0.583. The van der Waals surface area contributed by atoms with E-state index in [1.807, 2.05) is 18.2 Å². The van der Waals surface area contributed by atoms with Gasteiger partial charge in [-0.05, 0) is 97.7 Å². The first kappa shape index (κ1) is 20.1. The number of hydrogen-bond acceptors (Lipinski definition) is 2. The van der Waals surface area contributed by atoms with Gasteiger partial charge in [0.05, 0.1) is 12.2 Å². The van der Waals surface area contributed by atoms with Gasteiger partial charge in [0.15, 0.2) is 0 Å². The summed E-state index contributed by atoms with van der Waals surface area (Å²) >= 11 is 6.41. The lowest BCUT2D eigenvalue weighted by atomic mass is 9.45. The lowest BCUT2D eigenvalue weighted by molar-refractivity contribution is -0.133. The number of halogens is 1. The normalized spacial score (nSPS) is 48.1. The fourth-order valence-corrected chi connectivity index (χ4v) is 8.22. The van der Waals surface area contributed by atoms with Gasteiger partial charge in [0.25, 0.3) is 0 Å². The van der Waals surface area contributed by atoms with Crippen LogP contribution in [-0.4, -0.2) is 22.4 Å². The molecule has 29 heavy (non-hydrogen) atoms. The van der Waals surface area contributed by atoms with Crippen LogP contribution in [0.1, 0.15) is 70.8 Å². The predicted octanol–water partition coefficient (Wildman–Crippen LogP) is 6.10. The van der Waals surface area contributed by atoms with E-state index in [1.54, 1.807) is 0 Å². The van der Waals surface area contributed by atoms with Gasteiger partial charge < -0.3 is 10.2 Å². The van der Waals surface area contributed by atoms with E-state index in [9.17, 15) is 10.2 Å². The highest BCUT2D eigenvalue weighted by Gasteiger charge is 2.61. The van der Waals surface area contributed by atoms with Gasteiger partial charge in [-0.25, -0.2) is 0 Å². The molecule has 1 aromatic carbocycles. The Labute approximate surface area is 180 Å². The van der Waals surface area contributed by atoms with Crippen LogP contribution in [-0.2, 0) is 0 Å². The second-order valence-electron chi connectivity index (χ2n) is 11.0. The molecule has 0 aromatic heterocycles. The molecule has 4 saturated carbocycles. The Morgan fingerprint density at radius 1 is 0.966 bits per heavy atom. The summed E-state index contributed by atoms with van der Waals surface area (Å²) in [7, 11) is 0. The Balaban J connectivity index is 1.45. The van der Waals surface area contributed by atoms with Crippen LogP contribution < -0.4 is 0 Å².